The predicted octanol–water partition coefficient (Wildman–Crippen LogP) is 1.49. The highest BCUT2D eigenvalue weighted by Gasteiger charge is 2.32. The predicted molar refractivity (Wildman–Crippen MR) is 172 cm³/mol. The molecule has 2 bridgehead atoms. The van der Waals surface area contributed by atoms with Crippen LogP contribution < -0.4 is 35.5 Å². The van der Waals surface area contributed by atoms with Crippen molar-refractivity contribution in [2.24, 2.45) is 5.92 Å². The molecule has 3 rings (SSSR count). The Hall–Kier alpha value is -4.85. The van der Waals surface area contributed by atoms with Gasteiger partial charge in [-0.1, -0.05) is 19.9 Å². The molecule has 256 valence electrons. The average Bonchev–Trinajstić information content (AvgIpc) is 3.03. The fourth-order valence-electron chi connectivity index (χ4n) is 4.96. The van der Waals surface area contributed by atoms with E-state index in [1.54, 1.807) is 50.2 Å². The molecule has 0 saturated heterocycles. The molecule has 47 heavy (non-hydrogen) atoms. The first-order valence-electron chi connectivity index (χ1n) is 15.5. The summed E-state index contributed by atoms with van der Waals surface area (Å²) in [6.07, 6.45) is -0.309. The third-order valence-corrected chi connectivity index (χ3v) is 7.64. The Morgan fingerprint density at radius 1 is 0.915 bits per heavy atom. The number of rotatable bonds is 4. The summed E-state index contributed by atoms with van der Waals surface area (Å²) in [5.41, 5.74) is 0.804. The number of nitrogens with zero attached hydrogens (tertiary/aromatic N) is 1. The van der Waals surface area contributed by atoms with Gasteiger partial charge in [-0.3, -0.25) is 24.0 Å². The molecule has 14 heteroatoms. The Balaban J connectivity index is 2.00. The number of carbonyl (C=O) groups is 5. The first-order chi connectivity index (χ1) is 22.4. The number of aliphatic hydroxyl groups is 1. The summed E-state index contributed by atoms with van der Waals surface area (Å²) < 4.78 is 17.3. The number of ether oxygens (including phenoxy) is 3. The zero-order valence-electron chi connectivity index (χ0n) is 27.7. The maximum Gasteiger partial charge on any atom is 0.251 e. The first-order valence-corrected chi connectivity index (χ1v) is 15.5. The summed E-state index contributed by atoms with van der Waals surface area (Å²) in [7, 11) is 2.95. The first kappa shape index (κ1) is 36.6. The standard InChI is InChI=1S/C33H45N5O9/c1-19(2)29-32(43)35-17-23-24(45-5)10-9-11-25(23)47-27-16-22(12-13-26(27)46-6)31(42)34-14-7-8-15-38(21(4)40)18-28(41)36-30(20(3)39)33(44)37-29/h9-13,16,19-20,29-30,39H,7-8,14-15,17-18H2,1-6H3,(H,34,42)(H,35,43)(H,36,41)(H,37,44)/t20-,29-,30+/m1/s1. The Bertz CT molecular complexity index is 1450. The molecule has 0 aromatic heterocycles. The number of nitrogens with one attached hydrogen (secondary N) is 4. The van der Waals surface area contributed by atoms with Gasteiger partial charge >= 0.3 is 0 Å². The molecule has 0 fully saturated rings. The molecule has 5 N–H and O–H groups in total. The van der Waals surface area contributed by atoms with Crippen molar-refractivity contribution >= 4 is 29.5 Å². The second-order valence-corrected chi connectivity index (χ2v) is 11.5. The Morgan fingerprint density at radius 2 is 1.64 bits per heavy atom. The lowest BCUT2D eigenvalue weighted by atomic mass is 10.0. The van der Waals surface area contributed by atoms with Crippen LogP contribution in [0.5, 0.6) is 23.0 Å². The molecule has 1 aliphatic rings. The molecule has 0 saturated carbocycles. The molecule has 0 spiro atoms. The van der Waals surface area contributed by atoms with Gasteiger partial charge in [0.2, 0.25) is 23.6 Å². The van der Waals surface area contributed by atoms with Crippen molar-refractivity contribution in [1.29, 1.82) is 0 Å². The molecule has 3 atom stereocenters. The van der Waals surface area contributed by atoms with E-state index in [-0.39, 0.29) is 43.1 Å². The number of methoxy groups -OCH3 is 2. The molecule has 2 aromatic carbocycles. The van der Waals surface area contributed by atoms with Crippen LogP contribution in [-0.2, 0) is 25.7 Å². The van der Waals surface area contributed by atoms with Crippen molar-refractivity contribution in [3.05, 3.63) is 47.5 Å². The van der Waals surface area contributed by atoms with E-state index in [1.165, 1.54) is 33.0 Å². The molecule has 14 nitrogen and oxygen atoms in total. The van der Waals surface area contributed by atoms with Gasteiger partial charge in [-0.05, 0) is 56.0 Å². The van der Waals surface area contributed by atoms with Gasteiger partial charge in [-0.15, -0.1) is 0 Å². The van der Waals surface area contributed by atoms with E-state index in [0.717, 1.165) is 0 Å². The third-order valence-electron chi connectivity index (χ3n) is 7.64. The van der Waals surface area contributed by atoms with E-state index in [9.17, 15) is 29.1 Å². The van der Waals surface area contributed by atoms with Gasteiger partial charge in [0, 0.05) is 25.6 Å². The second kappa shape index (κ2) is 17.2. The summed E-state index contributed by atoms with van der Waals surface area (Å²) >= 11 is 0. The molecule has 1 aliphatic heterocycles. The largest absolute Gasteiger partial charge is 0.496 e. The second-order valence-electron chi connectivity index (χ2n) is 11.5. The minimum absolute atomic E-state index is 0.0583. The minimum Gasteiger partial charge on any atom is -0.496 e. The van der Waals surface area contributed by atoms with Gasteiger partial charge in [-0.25, -0.2) is 0 Å². The molecular weight excluding hydrogens is 610 g/mol. The van der Waals surface area contributed by atoms with E-state index in [0.29, 0.717) is 47.8 Å². The van der Waals surface area contributed by atoms with E-state index >= 15 is 0 Å². The van der Waals surface area contributed by atoms with Crippen LogP contribution in [-0.4, -0.2) is 91.6 Å². The number of hydrogen-bond donors (Lipinski definition) is 5. The molecule has 1 heterocycles. The molecule has 2 aromatic rings. The van der Waals surface area contributed by atoms with Crippen molar-refractivity contribution in [2.75, 3.05) is 33.9 Å². The number of amides is 5. The summed E-state index contributed by atoms with van der Waals surface area (Å²) in [4.78, 5) is 66.2. The lowest BCUT2D eigenvalue weighted by molar-refractivity contribution is -0.137. The molecule has 0 radical (unpaired) electrons. The smallest absolute Gasteiger partial charge is 0.251 e. The summed E-state index contributed by atoms with van der Waals surface area (Å²) in [6.45, 7) is 6.27. The van der Waals surface area contributed by atoms with Crippen LogP contribution >= 0.6 is 0 Å². The third kappa shape index (κ3) is 10.1. The van der Waals surface area contributed by atoms with Crippen molar-refractivity contribution in [2.45, 2.75) is 65.3 Å². The van der Waals surface area contributed by atoms with E-state index in [4.69, 9.17) is 14.2 Å². The number of fused-ring (bicyclic) bond motifs is 3. The van der Waals surface area contributed by atoms with Gasteiger partial charge in [0.15, 0.2) is 11.5 Å². The van der Waals surface area contributed by atoms with Crippen molar-refractivity contribution < 1.29 is 43.3 Å². The number of aliphatic hydroxyl groups excluding tert-OH is 1. The van der Waals surface area contributed by atoms with Crippen molar-refractivity contribution in [3.8, 4) is 23.0 Å². The van der Waals surface area contributed by atoms with Crippen molar-refractivity contribution in [1.82, 2.24) is 26.2 Å². The lowest BCUT2D eigenvalue weighted by Gasteiger charge is -2.27. The SMILES string of the molecule is COc1ccc2cc1Oc1cccc(OC)c1CNC(=O)[C@@H](C(C)C)NC(=O)[C@H]([C@@H](C)O)NC(=O)CN(C(C)=O)CCCCNC2=O. The van der Waals surface area contributed by atoms with Gasteiger partial charge in [0.1, 0.15) is 23.6 Å². The molecule has 0 aliphatic carbocycles. The fourth-order valence-corrected chi connectivity index (χ4v) is 4.96. The number of carbonyl (C=O) groups excluding carboxylic acids is 5. The highest BCUT2D eigenvalue weighted by atomic mass is 16.5. The number of benzene rings is 2. The van der Waals surface area contributed by atoms with Gasteiger partial charge < -0.3 is 45.5 Å². The Kier molecular flexibility index (Phi) is 13.4. The fraction of sp³-hybridized carbons (Fsp3) is 0.485. The van der Waals surface area contributed by atoms with Crippen LogP contribution in [0.25, 0.3) is 0 Å². The van der Waals surface area contributed by atoms with Gasteiger partial charge in [-0.2, -0.15) is 0 Å². The van der Waals surface area contributed by atoms with E-state index in [1.807, 2.05) is 0 Å². The average molecular weight is 656 g/mol. The summed E-state index contributed by atoms with van der Waals surface area (Å²) in [6, 6.07) is 7.43. The minimum atomic E-state index is -1.39. The van der Waals surface area contributed by atoms with Crippen molar-refractivity contribution in [3.63, 3.8) is 0 Å². The molecular formula is C33H45N5O9. The topological polar surface area (TPSA) is 185 Å². The van der Waals surface area contributed by atoms with Crippen LogP contribution in [0.1, 0.15) is 56.5 Å². The zero-order valence-corrected chi connectivity index (χ0v) is 27.7. The van der Waals surface area contributed by atoms with E-state index in [2.05, 4.69) is 21.3 Å². The highest BCUT2D eigenvalue weighted by Crippen LogP contribution is 2.37. The zero-order chi connectivity index (χ0) is 34.7. The van der Waals surface area contributed by atoms with Gasteiger partial charge in [0.05, 0.1) is 39.0 Å². The monoisotopic (exact) mass is 655 g/mol. The van der Waals surface area contributed by atoms with Crippen LogP contribution in [0.4, 0.5) is 0 Å². The van der Waals surface area contributed by atoms with Crippen LogP contribution in [0.15, 0.2) is 36.4 Å². The Labute approximate surface area is 274 Å². The van der Waals surface area contributed by atoms with Gasteiger partial charge in [0.25, 0.3) is 5.91 Å². The lowest BCUT2D eigenvalue weighted by Crippen LogP contribution is -2.59. The quantitative estimate of drug-likeness (QED) is 0.326. The summed E-state index contributed by atoms with van der Waals surface area (Å²) in [5.74, 6) is -1.66. The Morgan fingerprint density at radius 3 is 2.28 bits per heavy atom. The van der Waals surface area contributed by atoms with Crippen LogP contribution in [0.2, 0.25) is 0 Å². The van der Waals surface area contributed by atoms with Crippen LogP contribution in [0.3, 0.4) is 0 Å². The molecule has 5 amide bonds. The maximum atomic E-state index is 13.5. The highest BCUT2D eigenvalue weighted by molar-refractivity contribution is 5.95. The normalized spacial score (nSPS) is 19.6. The number of hydrogen-bond acceptors (Lipinski definition) is 9. The maximum absolute atomic E-state index is 13.5. The van der Waals surface area contributed by atoms with Crippen LogP contribution in [0, 0.1) is 5.92 Å². The van der Waals surface area contributed by atoms with E-state index < -0.39 is 35.9 Å². The molecule has 0 unspecified atom stereocenters. The summed E-state index contributed by atoms with van der Waals surface area (Å²) in [5, 5.41) is 21.2.